The molecule has 0 aromatic heterocycles. The predicted octanol–water partition coefficient (Wildman–Crippen LogP) is 17.3. The zero-order valence-corrected chi connectivity index (χ0v) is 35.8. The normalized spacial score (nSPS) is 14.1. The molecular weight excluding hydrogens is 795 g/mol. The molecule has 0 N–H and O–H groups in total. The van der Waals surface area contributed by atoms with Crippen LogP contribution in [0.25, 0.3) is 66.4 Å². The molecule has 0 saturated carbocycles. The van der Waals surface area contributed by atoms with Gasteiger partial charge in [0.15, 0.2) is 0 Å². The first kappa shape index (κ1) is 31.3. The SMILES string of the molecule is [2H]c1c([2H])c(N(c2ccc3c(c2)C(c2ccccc2)(c2ccccc2)c2ccccc2-3)c2c([2H])c([2H])c(-c3cccc(-c4ccc5ccccc5c4)c3)c([2H])c2[2H])c([2H])c([2H])c1-c1ccc(-c2ccccc2)cc1. The first-order chi connectivity index (χ1) is 36.1. The summed E-state index contributed by atoms with van der Waals surface area (Å²) in [6, 6.07) is 70.6. The van der Waals surface area contributed by atoms with Crippen molar-refractivity contribution in [3.05, 3.63) is 295 Å². The molecule has 0 unspecified atom stereocenters. The second-order valence-electron chi connectivity index (χ2n) is 16.6. The topological polar surface area (TPSA) is 3.24 Å². The Balaban J connectivity index is 1.09. The van der Waals surface area contributed by atoms with Crippen LogP contribution in [-0.4, -0.2) is 0 Å². The smallest absolute Gasteiger partial charge is 0.0714 e. The van der Waals surface area contributed by atoms with Crippen LogP contribution in [0.4, 0.5) is 17.1 Å². The van der Waals surface area contributed by atoms with E-state index < -0.39 is 29.6 Å². The lowest BCUT2D eigenvalue weighted by Gasteiger charge is -2.35. The van der Waals surface area contributed by atoms with E-state index in [1.807, 2.05) is 152 Å². The van der Waals surface area contributed by atoms with Crippen LogP contribution in [0.3, 0.4) is 0 Å². The Hall–Kier alpha value is -8.52. The van der Waals surface area contributed by atoms with Gasteiger partial charge in [0.05, 0.1) is 16.4 Å². The fourth-order valence-electron chi connectivity index (χ4n) is 9.75. The third-order valence-corrected chi connectivity index (χ3v) is 12.9. The maximum absolute atomic E-state index is 9.93. The van der Waals surface area contributed by atoms with Crippen molar-refractivity contribution in [2.75, 3.05) is 4.90 Å². The van der Waals surface area contributed by atoms with Crippen LogP contribution in [0, 0.1) is 0 Å². The van der Waals surface area contributed by atoms with Gasteiger partial charge in [0.25, 0.3) is 0 Å². The fraction of sp³-hybridized carbons (Fsp3) is 0.0154. The van der Waals surface area contributed by atoms with Crippen molar-refractivity contribution in [1.29, 1.82) is 0 Å². The fourth-order valence-corrected chi connectivity index (χ4v) is 9.75. The Labute approximate surface area is 398 Å². The van der Waals surface area contributed by atoms with E-state index in [1.54, 1.807) is 18.2 Å². The Morgan fingerprint density at radius 3 is 1.38 bits per heavy atom. The third-order valence-electron chi connectivity index (χ3n) is 12.9. The molecule has 11 aromatic rings. The van der Waals surface area contributed by atoms with E-state index in [0.717, 1.165) is 66.4 Å². The summed E-state index contributed by atoms with van der Waals surface area (Å²) in [5.41, 5.74) is 9.75. The highest BCUT2D eigenvalue weighted by Gasteiger charge is 2.46. The van der Waals surface area contributed by atoms with E-state index in [4.69, 9.17) is 0 Å². The van der Waals surface area contributed by atoms with Crippen LogP contribution in [0.5, 0.6) is 0 Å². The molecule has 0 bridgehead atoms. The summed E-state index contributed by atoms with van der Waals surface area (Å²) < 4.78 is 78.4. The molecule has 0 fully saturated rings. The molecule has 0 radical (unpaired) electrons. The van der Waals surface area contributed by atoms with Crippen molar-refractivity contribution in [3.63, 3.8) is 0 Å². The maximum atomic E-state index is 9.93. The van der Waals surface area contributed by atoms with Crippen LogP contribution in [-0.2, 0) is 5.41 Å². The van der Waals surface area contributed by atoms with E-state index in [0.29, 0.717) is 16.8 Å². The van der Waals surface area contributed by atoms with Crippen LogP contribution in [0.1, 0.15) is 33.2 Å². The second-order valence-corrected chi connectivity index (χ2v) is 16.6. The number of anilines is 3. The predicted molar refractivity (Wildman–Crippen MR) is 278 cm³/mol. The minimum absolute atomic E-state index is 0.0942. The second kappa shape index (κ2) is 16.6. The highest BCUT2D eigenvalue weighted by Crippen LogP contribution is 2.57. The summed E-state index contributed by atoms with van der Waals surface area (Å²) in [4.78, 5) is 1.42. The average molecular weight is 848 g/mol. The van der Waals surface area contributed by atoms with Crippen LogP contribution in [0.15, 0.2) is 273 Å². The quantitative estimate of drug-likeness (QED) is 0.140. The van der Waals surface area contributed by atoms with Crippen molar-refractivity contribution in [2.24, 2.45) is 0 Å². The molecule has 0 amide bonds. The highest BCUT2D eigenvalue weighted by molar-refractivity contribution is 5.91. The van der Waals surface area contributed by atoms with Crippen molar-refractivity contribution >= 4 is 27.8 Å². The van der Waals surface area contributed by atoms with E-state index in [2.05, 4.69) is 54.6 Å². The van der Waals surface area contributed by atoms with Gasteiger partial charge in [-0.3, -0.25) is 0 Å². The number of fused-ring (bicyclic) bond motifs is 4. The van der Waals surface area contributed by atoms with Gasteiger partial charge < -0.3 is 4.90 Å². The number of hydrogen-bond acceptors (Lipinski definition) is 1. The standard InChI is InChI=1S/C65H45N/c1-4-15-46(16-5-1)48-27-29-49(30-28-48)50-33-37-58(38-34-50)66(59-39-35-51(36-40-59)53-19-14-20-54(43-53)55-32-31-47-17-10-11-18-52(47)44-55)60-41-42-62-61-25-12-13-26-63(61)65(64(62)45-60,56-21-6-2-7-22-56)57-23-8-3-9-24-57/h1-45H/i33D,34D,35D,36D,37D,38D,39D,40D. The first-order valence-corrected chi connectivity index (χ1v) is 22.2. The lowest BCUT2D eigenvalue weighted by molar-refractivity contribution is 0.768. The van der Waals surface area contributed by atoms with E-state index >= 15 is 0 Å². The summed E-state index contributed by atoms with van der Waals surface area (Å²) in [7, 11) is 0. The van der Waals surface area contributed by atoms with Gasteiger partial charge in [-0.25, -0.2) is 0 Å². The van der Waals surface area contributed by atoms with Crippen LogP contribution >= 0.6 is 0 Å². The molecule has 12 rings (SSSR count). The van der Waals surface area contributed by atoms with Gasteiger partial charge in [-0.05, 0) is 137 Å². The molecule has 0 saturated heterocycles. The van der Waals surface area contributed by atoms with Crippen molar-refractivity contribution in [1.82, 2.24) is 0 Å². The molecule has 310 valence electrons. The highest BCUT2D eigenvalue weighted by atomic mass is 15.1. The Morgan fingerprint density at radius 1 is 0.273 bits per heavy atom. The molecule has 11 aromatic carbocycles. The molecular formula is C65H45N. The van der Waals surface area contributed by atoms with E-state index in [1.165, 1.54) is 4.90 Å². The van der Waals surface area contributed by atoms with Crippen molar-refractivity contribution in [3.8, 4) is 55.6 Å². The lowest BCUT2D eigenvalue weighted by atomic mass is 9.67. The summed E-state index contributed by atoms with van der Waals surface area (Å²) in [6.45, 7) is 0. The molecule has 1 aliphatic rings. The number of benzene rings is 11. The van der Waals surface area contributed by atoms with E-state index in [-0.39, 0.29) is 46.7 Å². The van der Waals surface area contributed by atoms with Gasteiger partial charge in [0.1, 0.15) is 0 Å². The Kier molecular flexibility index (Phi) is 7.86. The molecule has 1 aliphatic carbocycles. The monoisotopic (exact) mass is 847 g/mol. The Morgan fingerprint density at radius 2 is 0.727 bits per heavy atom. The van der Waals surface area contributed by atoms with Gasteiger partial charge in [-0.1, -0.05) is 224 Å². The summed E-state index contributed by atoms with van der Waals surface area (Å²) in [5.74, 6) is 0. The van der Waals surface area contributed by atoms with Gasteiger partial charge in [-0.15, -0.1) is 0 Å². The lowest BCUT2D eigenvalue weighted by Crippen LogP contribution is -2.28. The number of hydrogen-bond donors (Lipinski definition) is 0. The zero-order chi connectivity index (χ0) is 50.8. The molecule has 0 heterocycles. The van der Waals surface area contributed by atoms with Gasteiger partial charge in [-0.2, -0.15) is 0 Å². The zero-order valence-electron chi connectivity index (χ0n) is 43.8. The van der Waals surface area contributed by atoms with Crippen molar-refractivity contribution in [2.45, 2.75) is 5.41 Å². The molecule has 66 heavy (non-hydrogen) atoms. The third kappa shape index (κ3) is 6.81. The molecule has 0 spiro atoms. The van der Waals surface area contributed by atoms with Gasteiger partial charge in [0, 0.05) is 17.1 Å². The number of rotatable bonds is 9. The summed E-state index contributed by atoms with van der Waals surface area (Å²) in [6.07, 6.45) is 0. The minimum atomic E-state index is -0.880. The Bertz CT molecular complexity index is 3890. The minimum Gasteiger partial charge on any atom is -0.310 e. The van der Waals surface area contributed by atoms with Crippen LogP contribution in [0.2, 0.25) is 0 Å². The summed E-state index contributed by atoms with van der Waals surface area (Å²) >= 11 is 0. The molecule has 0 atom stereocenters. The van der Waals surface area contributed by atoms with Gasteiger partial charge >= 0.3 is 0 Å². The largest absolute Gasteiger partial charge is 0.310 e. The number of nitrogens with zero attached hydrogens (tertiary/aromatic N) is 1. The first-order valence-electron chi connectivity index (χ1n) is 26.2. The molecule has 0 aliphatic heterocycles. The van der Waals surface area contributed by atoms with Gasteiger partial charge in [0.2, 0.25) is 0 Å². The average Bonchev–Trinajstić information content (AvgIpc) is 3.77. The van der Waals surface area contributed by atoms with Crippen LogP contribution < -0.4 is 4.90 Å². The van der Waals surface area contributed by atoms with Crippen molar-refractivity contribution < 1.29 is 11.0 Å². The summed E-state index contributed by atoms with van der Waals surface area (Å²) in [5, 5.41) is 2.16. The maximum Gasteiger partial charge on any atom is 0.0714 e. The molecule has 1 heteroatoms. The molecule has 1 nitrogen and oxygen atoms in total. The van der Waals surface area contributed by atoms with E-state index in [9.17, 15) is 11.0 Å².